The van der Waals surface area contributed by atoms with E-state index in [1.165, 1.54) is 59.2 Å². The van der Waals surface area contributed by atoms with Crippen molar-refractivity contribution in [3.63, 3.8) is 0 Å². The van der Waals surface area contributed by atoms with Gasteiger partial charge in [-0.1, -0.05) is 42.7 Å². The number of rotatable bonds is 7. The molecule has 0 unspecified atom stereocenters. The smallest absolute Gasteiger partial charge is 0.280 e. The maximum absolute atomic E-state index is 13.9. The van der Waals surface area contributed by atoms with E-state index in [1.807, 2.05) is 0 Å². The fourth-order valence-corrected chi connectivity index (χ4v) is 7.53. The molecule has 1 amide bonds. The van der Waals surface area contributed by atoms with Crippen molar-refractivity contribution in [1.82, 2.24) is 9.29 Å². The SMILES string of the molecule is CN(C1CCCCC1)S(=O)(=O)c1ccc(C(=O)N(/N=C/c2coc3ccccc3c2=O)c2nc3ccc(F)cc3s2)cc1. The summed E-state index contributed by atoms with van der Waals surface area (Å²) in [4.78, 5) is 31.4. The van der Waals surface area contributed by atoms with E-state index in [0.717, 1.165) is 48.4 Å². The average molecular weight is 619 g/mol. The number of sulfonamides is 1. The molecule has 0 bridgehead atoms. The lowest BCUT2D eigenvalue weighted by atomic mass is 9.96. The Labute approximate surface area is 250 Å². The van der Waals surface area contributed by atoms with Crippen LogP contribution in [0.25, 0.3) is 21.2 Å². The van der Waals surface area contributed by atoms with Gasteiger partial charge in [-0.25, -0.2) is 17.8 Å². The first kappa shape index (κ1) is 28.8. The molecule has 5 aromatic rings. The molecule has 1 aliphatic carbocycles. The molecule has 220 valence electrons. The van der Waals surface area contributed by atoms with Gasteiger partial charge < -0.3 is 4.42 Å². The molecule has 0 spiro atoms. The van der Waals surface area contributed by atoms with Gasteiger partial charge in [0.05, 0.1) is 32.3 Å². The van der Waals surface area contributed by atoms with Crippen LogP contribution in [-0.2, 0) is 10.0 Å². The highest BCUT2D eigenvalue weighted by Gasteiger charge is 2.29. The average Bonchev–Trinajstić information content (AvgIpc) is 3.45. The van der Waals surface area contributed by atoms with E-state index >= 15 is 0 Å². The molecule has 2 aromatic heterocycles. The minimum atomic E-state index is -3.76. The lowest BCUT2D eigenvalue weighted by Crippen LogP contribution is -2.38. The number of nitrogens with zero attached hydrogens (tertiary/aromatic N) is 4. The first-order chi connectivity index (χ1) is 20.7. The Kier molecular flexibility index (Phi) is 7.91. The fourth-order valence-electron chi connectivity index (χ4n) is 5.17. The van der Waals surface area contributed by atoms with Crippen molar-refractivity contribution in [2.24, 2.45) is 5.10 Å². The number of hydrogen-bond acceptors (Lipinski definition) is 8. The zero-order valence-electron chi connectivity index (χ0n) is 23.1. The van der Waals surface area contributed by atoms with Gasteiger partial charge in [0.25, 0.3) is 5.91 Å². The first-order valence-corrected chi connectivity index (χ1v) is 16.0. The number of para-hydroxylation sites is 1. The number of halogens is 1. The van der Waals surface area contributed by atoms with Gasteiger partial charge in [0.1, 0.15) is 17.7 Å². The summed E-state index contributed by atoms with van der Waals surface area (Å²) in [6, 6.07) is 16.4. The Balaban J connectivity index is 1.34. The molecule has 1 fully saturated rings. The lowest BCUT2D eigenvalue weighted by Gasteiger charge is -2.30. The first-order valence-electron chi connectivity index (χ1n) is 13.8. The van der Waals surface area contributed by atoms with Crippen molar-refractivity contribution in [3.05, 3.63) is 100 Å². The van der Waals surface area contributed by atoms with Gasteiger partial charge in [-0.05, 0) is 67.4 Å². The summed E-state index contributed by atoms with van der Waals surface area (Å²) >= 11 is 1.05. The summed E-state index contributed by atoms with van der Waals surface area (Å²) in [6.45, 7) is 0. The zero-order valence-corrected chi connectivity index (χ0v) is 24.8. The second-order valence-electron chi connectivity index (χ2n) is 10.3. The number of carbonyl (C=O) groups is 1. The third-order valence-corrected chi connectivity index (χ3v) is 10.5. The lowest BCUT2D eigenvalue weighted by molar-refractivity contribution is 0.0987. The van der Waals surface area contributed by atoms with Crippen molar-refractivity contribution in [3.8, 4) is 0 Å². The van der Waals surface area contributed by atoms with Crippen LogP contribution in [0.3, 0.4) is 0 Å². The molecule has 0 atom stereocenters. The number of anilines is 1. The maximum atomic E-state index is 13.9. The molecule has 0 saturated heterocycles. The van der Waals surface area contributed by atoms with Gasteiger partial charge in [0.15, 0.2) is 0 Å². The molecule has 12 heteroatoms. The van der Waals surface area contributed by atoms with E-state index in [4.69, 9.17) is 4.42 Å². The molecule has 1 aliphatic rings. The van der Waals surface area contributed by atoms with Crippen molar-refractivity contribution in [2.75, 3.05) is 12.1 Å². The Hall–Kier alpha value is -4.26. The van der Waals surface area contributed by atoms with E-state index in [2.05, 4.69) is 10.1 Å². The van der Waals surface area contributed by atoms with E-state index in [9.17, 15) is 22.4 Å². The van der Waals surface area contributed by atoms with Gasteiger partial charge in [0.2, 0.25) is 20.6 Å². The molecule has 0 N–H and O–H groups in total. The van der Waals surface area contributed by atoms with Crippen molar-refractivity contribution in [1.29, 1.82) is 0 Å². The third-order valence-electron chi connectivity index (χ3n) is 7.60. The van der Waals surface area contributed by atoms with E-state index in [0.29, 0.717) is 21.2 Å². The molecular weight excluding hydrogens is 591 g/mol. The second-order valence-corrected chi connectivity index (χ2v) is 13.3. The summed E-state index contributed by atoms with van der Waals surface area (Å²) in [5.74, 6) is -1.07. The molecular formula is C31H27FN4O5S2. The Morgan fingerprint density at radius 1 is 1.07 bits per heavy atom. The van der Waals surface area contributed by atoms with Crippen LogP contribution in [0.1, 0.15) is 48.0 Å². The predicted molar refractivity (Wildman–Crippen MR) is 165 cm³/mol. The summed E-state index contributed by atoms with van der Waals surface area (Å²) < 4.78 is 48.0. The normalized spacial score (nSPS) is 14.7. The van der Waals surface area contributed by atoms with Crippen LogP contribution in [0.4, 0.5) is 9.52 Å². The number of carbonyl (C=O) groups excluding carboxylic acids is 1. The monoisotopic (exact) mass is 618 g/mol. The molecule has 3 aromatic carbocycles. The van der Waals surface area contributed by atoms with Crippen LogP contribution in [-0.4, -0.2) is 42.9 Å². The van der Waals surface area contributed by atoms with Crippen LogP contribution < -0.4 is 10.4 Å². The van der Waals surface area contributed by atoms with E-state index in [-0.39, 0.29) is 32.6 Å². The van der Waals surface area contributed by atoms with Gasteiger partial charge in [-0.2, -0.15) is 14.4 Å². The number of hydrogen-bond donors (Lipinski definition) is 0. The Bertz CT molecular complexity index is 2020. The van der Waals surface area contributed by atoms with Crippen LogP contribution in [0.5, 0.6) is 0 Å². The topological polar surface area (TPSA) is 113 Å². The second kappa shape index (κ2) is 11.8. The molecule has 1 saturated carbocycles. The number of fused-ring (bicyclic) bond motifs is 2. The van der Waals surface area contributed by atoms with Crippen molar-refractivity contribution < 1.29 is 22.0 Å². The molecule has 43 heavy (non-hydrogen) atoms. The van der Waals surface area contributed by atoms with Crippen LogP contribution in [0.15, 0.2) is 92.2 Å². The molecule has 6 rings (SSSR count). The zero-order chi connectivity index (χ0) is 30.1. The van der Waals surface area contributed by atoms with Gasteiger partial charge in [-0.15, -0.1) is 0 Å². The summed E-state index contributed by atoms with van der Waals surface area (Å²) in [5.41, 5.74) is 0.797. The highest BCUT2D eigenvalue weighted by atomic mass is 32.2. The fraction of sp³-hybridized carbons (Fsp3) is 0.226. The quantitative estimate of drug-likeness (QED) is 0.159. The number of thiazole rings is 1. The standard InChI is InChI=1S/C31H27FN4O5S2/c1-35(23-7-3-2-4-8-23)43(39,40)24-14-11-20(12-15-24)30(38)36(31-34-26-16-13-22(32)17-28(26)42-31)33-18-21-19-41-27-10-6-5-9-25(27)29(21)37/h5-6,9-19,23H,2-4,7-8H2,1H3/b33-18+. The third kappa shape index (κ3) is 5.73. The van der Waals surface area contributed by atoms with Crippen molar-refractivity contribution >= 4 is 59.8 Å². The van der Waals surface area contributed by atoms with Crippen LogP contribution >= 0.6 is 11.3 Å². The Morgan fingerprint density at radius 2 is 1.81 bits per heavy atom. The molecule has 2 heterocycles. The number of hydrazone groups is 1. The highest BCUT2D eigenvalue weighted by Crippen LogP contribution is 2.31. The minimum absolute atomic E-state index is 0.0542. The Morgan fingerprint density at radius 3 is 2.58 bits per heavy atom. The summed E-state index contributed by atoms with van der Waals surface area (Å²) in [6.07, 6.45) is 7.20. The van der Waals surface area contributed by atoms with Crippen molar-refractivity contribution in [2.45, 2.75) is 43.0 Å². The molecule has 0 aliphatic heterocycles. The summed E-state index contributed by atoms with van der Waals surface area (Å²) in [5, 5.41) is 5.82. The van der Waals surface area contributed by atoms with Gasteiger partial charge in [0, 0.05) is 18.7 Å². The number of aromatic nitrogens is 1. The van der Waals surface area contributed by atoms with Crippen LogP contribution in [0, 0.1) is 5.82 Å². The van der Waals surface area contributed by atoms with E-state index in [1.54, 1.807) is 31.3 Å². The highest BCUT2D eigenvalue weighted by molar-refractivity contribution is 7.89. The van der Waals surface area contributed by atoms with Crippen LogP contribution in [0.2, 0.25) is 0 Å². The van der Waals surface area contributed by atoms with Gasteiger partial charge >= 0.3 is 0 Å². The predicted octanol–water partition coefficient (Wildman–Crippen LogP) is 6.18. The number of amides is 1. The minimum Gasteiger partial charge on any atom is -0.463 e. The molecule has 0 radical (unpaired) electrons. The number of benzene rings is 3. The maximum Gasteiger partial charge on any atom is 0.280 e. The van der Waals surface area contributed by atoms with E-state index < -0.39 is 21.7 Å². The van der Waals surface area contributed by atoms with Gasteiger partial charge in [-0.3, -0.25) is 9.59 Å². The summed E-state index contributed by atoms with van der Waals surface area (Å²) in [7, 11) is -2.16. The molecule has 9 nitrogen and oxygen atoms in total. The largest absolute Gasteiger partial charge is 0.463 e.